The van der Waals surface area contributed by atoms with E-state index in [0.717, 1.165) is 12.3 Å². The summed E-state index contributed by atoms with van der Waals surface area (Å²) in [7, 11) is 1.73. The molecule has 0 atom stereocenters. The lowest BCUT2D eigenvalue weighted by atomic mass is 9.83. The lowest BCUT2D eigenvalue weighted by Gasteiger charge is -2.24. The number of hydrogen-bond donors (Lipinski definition) is 1. The molecular weight excluding hydrogens is 228 g/mol. The van der Waals surface area contributed by atoms with Gasteiger partial charge < -0.3 is 10.1 Å². The van der Waals surface area contributed by atoms with Crippen LogP contribution in [0.15, 0.2) is 0 Å². The van der Waals surface area contributed by atoms with E-state index in [0.29, 0.717) is 18.6 Å². The molecule has 88 valence electrons. The first-order valence-corrected chi connectivity index (χ1v) is 5.88. The maximum Gasteiger partial charge on any atom is 0.322 e. The smallest absolute Gasteiger partial charge is 0.322 e. The first kappa shape index (κ1) is 11.4. The molecule has 0 aliphatic heterocycles. The van der Waals surface area contributed by atoms with E-state index in [1.54, 1.807) is 7.05 Å². The quantitative estimate of drug-likeness (QED) is 0.857. The Kier molecular flexibility index (Phi) is 3.77. The molecule has 0 radical (unpaired) electrons. The van der Waals surface area contributed by atoms with Gasteiger partial charge in [-0.1, -0.05) is 19.3 Å². The van der Waals surface area contributed by atoms with Crippen molar-refractivity contribution in [3.8, 4) is 6.01 Å². The van der Waals surface area contributed by atoms with Gasteiger partial charge in [0.2, 0.25) is 11.2 Å². The zero-order chi connectivity index (χ0) is 11.4. The van der Waals surface area contributed by atoms with Crippen LogP contribution in [0, 0.1) is 5.92 Å². The second kappa shape index (κ2) is 5.30. The van der Waals surface area contributed by atoms with Crippen molar-refractivity contribution in [1.29, 1.82) is 0 Å². The number of nitrogens with one attached hydrogen (secondary N) is 1. The van der Waals surface area contributed by atoms with E-state index < -0.39 is 0 Å². The molecule has 0 unspecified atom stereocenters. The first-order valence-electron chi connectivity index (χ1n) is 5.50. The van der Waals surface area contributed by atoms with E-state index >= 15 is 0 Å². The zero-order valence-electron chi connectivity index (χ0n) is 9.24. The molecule has 0 bridgehead atoms. The number of ether oxygens (including phenoxy) is 1. The van der Waals surface area contributed by atoms with Crippen LogP contribution in [-0.4, -0.2) is 28.6 Å². The van der Waals surface area contributed by atoms with Crippen LogP contribution >= 0.6 is 11.6 Å². The monoisotopic (exact) mass is 242 g/mol. The van der Waals surface area contributed by atoms with Gasteiger partial charge >= 0.3 is 6.01 Å². The summed E-state index contributed by atoms with van der Waals surface area (Å²) in [6.07, 6.45) is 5.07. The Morgan fingerprint density at radius 2 is 2.19 bits per heavy atom. The summed E-state index contributed by atoms with van der Waals surface area (Å²) in [6.45, 7) is 0.647. The van der Waals surface area contributed by atoms with Crippen LogP contribution in [0.5, 0.6) is 6.01 Å². The van der Waals surface area contributed by atoms with Gasteiger partial charge in [0.15, 0.2) is 0 Å². The van der Waals surface area contributed by atoms with Gasteiger partial charge in [0, 0.05) is 7.05 Å². The minimum absolute atomic E-state index is 0.151. The Morgan fingerprint density at radius 3 is 2.81 bits per heavy atom. The standard InChI is InChI=1S/C10H15ClN4O/c1-12-9-13-8(11)14-10(15-9)16-6-5-7-3-2-4-7/h7H,2-6H2,1H3,(H,12,13,14,15). The Labute approximate surface area is 99.6 Å². The lowest BCUT2D eigenvalue weighted by Crippen LogP contribution is -2.15. The van der Waals surface area contributed by atoms with E-state index in [1.165, 1.54) is 19.3 Å². The van der Waals surface area contributed by atoms with Crippen molar-refractivity contribution in [2.45, 2.75) is 25.7 Å². The number of halogens is 1. The van der Waals surface area contributed by atoms with Gasteiger partial charge in [0.25, 0.3) is 0 Å². The summed E-state index contributed by atoms with van der Waals surface area (Å²) in [5.74, 6) is 1.25. The molecule has 1 saturated carbocycles. The largest absolute Gasteiger partial charge is 0.463 e. The summed E-state index contributed by atoms with van der Waals surface area (Å²) in [4.78, 5) is 11.8. The third-order valence-electron chi connectivity index (χ3n) is 2.79. The van der Waals surface area contributed by atoms with E-state index in [2.05, 4.69) is 20.3 Å². The van der Waals surface area contributed by atoms with E-state index in [-0.39, 0.29) is 5.28 Å². The molecule has 1 aromatic rings. The third kappa shape index (κ3) is 2.95. The predicted octanol–water partition coefficient (Wildman–Crippen LogP) is 2.14. The average molecular weight is 243 g/mol. The SMILES string of the molecule is CNc1nc(Cl)nc(OCCC2CCC2)n1. The van der Waals surface area contributed by atoms with E-state index in [4.69, 9.17) is 16.3 Å². The maximum atomic E-state index is 5.73. The summed E-state index contributed by atoms with van der Waals surface area (Å²) in [5, 5.41) is 2.95. The number of rotatable bonds is 5. The molecular formula is C10H15ClN4O. The molecule has 1 heterocycles. The highest BCUT2D eigenvalue weighted by molar-refractivity contribution is 6.28. The summed E-state index contributed by atoms with van der Waals surface area (Å²) < 4.78 is 5.45. The minimum Gasteiger partial charge on any atom is -0.463 e. The Bertz CT molecular complexity index is 357. The van der Waals surface area contributed by atoms with Gasteiger partial charge in [0.05, 0.1) is 6.61 Å². The second-order valence-corrected chi connectivity index (χ2v) is 4.23. The Balaban J connectivity index is 1.84. The molecule has 0 aromatic carbocycles. The molecule has 1 aliphatic rings. The van der Waals surface area contributed by atoms with Crippen LogP contribution in [0.3, 0.4) is 0 Å². The fraction of sp³-hybridized carbons (Fsp3) is 0.700. The summed E-state index contributed by atoms with van der Waals surface area (Å²) in [6, 6.07) is 0.295. The topological polar surface area (TPSA) is 59.9 Å². The van der Waals surface area contributed by atoms with E-state index in [1.807, 2.05) is 0 Å². The number of aromatic nitrogens is 3. The van der Waals surface area contributed by atoms with Crippen molar-refractivity contribution in [3.05, 3.63) is 5.28 Å². The van der Waals surface area contributed by atoms with Crippen LogP contribution in [-0.2, 0) is 0 Å². The normalized spacial score (nSPS) is 15.6. The zero-order valence-corrected chi connectivity index (χ0v) is 10.00. The molecule has 0 amide bonds. The highest BCUT2D eigenvalue weighted by atomic mass is 35.5. The molecule has 2 rings (SSSR count). The van der Waals surface area contributed by atoms with Crippen molar-refractivity contribution in [2.75, 3.05) is 19.0 Å². The molecule has 0 saturated heterocycles. The van der Waals surface area contributed by atoms with Crippen LogP contribution in [0.4, 0.5) is 5.95 Å². The molecule has 1 fully saturated rings. The molecule has 1 aliphatic carbocycles. The molecule has 1 aromatic heterocycles. The molecule has 5 nitrogen and oxygen atoms in total. The summed E-state index contributed by atoms with van der Waals surface area (Å²) >= 11 is 5.73. The fourth-order valence-corrected chi connectivity index (χ4v) is 1.76. The molecule has 1 N–H and O–H groups in total. The van der Waals surface area contributed by atoms with Gasteiger partial charge in [0.1, 0.15) is 0 Å². The maximum absolute atomic E-state index is 5.73. The van der Waals surface area contributed by atoms with Crippen LogP contribution in [0.1, 0.15) is 25.7 Å². The number of anilines is 1. The fourth-order valence-electron chi connectivity index (χ4n) is 1.61. The second-order valence-electron chi connectivity index (χ2n) is 3.89. The molecule has 16 heavy (non-hydrogen) atoms. The third-order valence-corrected chi connectivity index (χ3v) is 2.96. The van der Waals surface area contributed by atoms with Crippen LogP contribution < -0.4 is 10.1 Å². The van der Waals surface area contributed by atoms with Crippen LogP contribution in [0.25, 0.3) is 0 Å². The van der Waals surface area contributed by atoms with Gasteiger partial charge in [-0.3, -0.25) is 0 Å². The first-order chi connectivity index (χ1) is 7.78. The van der Waals surface area contributed by atoms with Crippen molar-refractivity contribution in [1.82, 2.24) is 15.0 Å². The number of nitrogens with zero attached hydrogens (tertiary/aromatic N) is 3. The van der Waals surface area contributed by atoms with Crippen LogP contribution in [0.2, 0.25) is 5.28 Å². The van der Waals surface area contributed by atoms with Gasteiger partial charge in [-0.2, -0.15) is 15.0 Å². The average Bonchev–Trinajstić information content (AvgIpc) is 2.21. The Morgan fingerprint density at radius 1 is 1.38 bits per heavy atom. The van der Waals surface area contributed by atoms with Crippen molar-refractivity contribution < 1.29 is 4.74 Å². The molecule has 0 spiro atoms. The highest BCUT2D eigenvalue weighted by Crippen LogP contribution is 2.29. The van der Waals surface area contributed by atoms with Gasteiger partial charge in [-0.05, 0) is 23.9 Å². The summed E-state index contributed by atoms with van der Waals surface area (Å²) in [5.41, 5.74) is 0. The minimum atomic E-state index is 0.151. The highest BCUT2D eigenvalue weighted by Gasteiger charge is 2.17. The predicted molar refractivity (Wildman–Crippen MR) is 61.8 cm³/mol. The van der Waals surface area contributed by atoms with Crippen molar-refractivity contribution in [3.63, 3.8) is 0 Å². The van der Waals surface area contributed by atoms with Crippen molar-refractivity contribution in [2.24, 2.45) is 5.92 Å². The number of hydrogen-bond acceptors (Lipinski definition) is 5. The van der Waals surface area contributed by atoms with Gasteiger partial charge in [-0.15, -0.1) is 0 Å². The lowest BCUT2D eigenvalue weighted by molar-refractivity contribution is 0.212. The van der Waals surface area contributed by atoms with E-state index in [9.17, 15) is 0 Å². The molecule has 6 heteroatoms. The van der Waals surface area contributed by atoms with Crippen molar-refractivity contribution >= 4 is 17.5 Å². The van der Waals surface area contributed by atoms with Gasteiger partial charge in [-0.25, -0.2) is 0 Å². The Hall–Kier alpha value is -1.10.